The quantitative estimate of drug-likeness (QED) is 0.669. The number of thioether (sulfide) groups is 1. The molecule has 0 unspecified atom stereocenters. The van der Waals surface area contributed by atoms with Crippen molar-refractivity contribution in [1.82, 2.24) is 10.3 Å². The molecule has 2 aromatic carbocycles. The predicted molar refractivity (Wildman–Crippen MR) is 90.0 cm³/mol. The number of nitrogens with one attached hydrogen (secondary N) is 1. The van der Waals surface area contributed by atoms with E-state index in [0.29, 0.717) is 17.4 Å². The largest absolute Gasteiger partial charge is 0.478 e. The molecule has 0 aliphatic carbocycles. The van der Waals surface area contributed by atoms with Gasteiger partial charge in [-0.1, -0.05) is 36.0 Å². The average molecular weight is 342 g/mol. The Morgan fingerprint density at radius 3 is 2.58 bits per heavy atom. The van der Waals surface area contributed by atoms with Gasteiger partial charge in [-0.05, 0) is 29.8 Å². The van der Waals surface area contributed by atoms with E-state index in [1.54, 1.807) is 12.1 Å². The Hall–Kier alpha value is -2.80. The van der Waals surface area contributed by atoms with Gasteiger partial charge in [0, 0.05) is 6.54 Å². The van der Waals surface area contributed by atoms with Gasteiger partial charge in [0.15, 0.2) is 5.58 Å². The number of oxazole rings is 1. The Labute approximate surface area is 141 Å². The summed E-state index contributed by atoms with van der Waals surface area (Å²) in [7, 11) is 0. The van der Waals surface area contributed by atoms with Crippen LogP contribution in [0, 0.1) is 0 Å². The lowest BCUT2D eigenvalue weighted by Crippen LogP contribution is -2.24. The fourth-order valence-electron chi connectivity index (χ4n) is 2.06. The molecule has 0 aliphatic rings. The van der Waals surface area contributed by atoms with Crippen LogP contribution in [0.1, 0.15) is 15.9 Å². The third-order valence-corrected chi connectivity index (χ3v) is 4.12. The number of hydrogen-bond donors (Lipinski definition) is 2. The number of amides is 1. The Kier molecular flexibility index (Phi) is 4.81. The van der Waals surface area contributed by atoms with E-state index in [1.807, 2.05) is 24.3 Å². The molecule has 3 aromatic rings. The van der Waals surface area contributed by atoms with Crippen LogP contribution in [0.3, 0.4) is 0 Å². The predicted octanol–water partition coefficient (Wildman–Crippen LogP) is 2.93. The van der Waals surface area contributed by atoms with Gasteiger partial charge in [-0.3, -0.25) is 4.79 Å². The van der Waals surface area contributed by atoms with Crippen molar-refractivity contribution >= 4 is 34.7 Å². The SMILES string of the molecule is O=C(CSc1nc2ccccc2o1)NCc1ccc(C(=O)O)cc1. The van der Waals surface area contributed by atoms with Crippen LogP contribution < -0.4 is 5.32 Å². The molecule has 0 saturated carbocycles. The summed E-state index contributed by atoms with van der Waals surface area (Å²) in [6.07, 6.45) is 0. The number of carboxylic acid groups (broad SMARTS) is 1. The lowest BCUT2D eigenvalue weighted by Gasteiger charge is -2.04. The first-order chi connectivity index (χ1) is 11.6. The molecule has 2 N–H and O–H groups in total. The van der Waals surface area contributed by atoms with Crippen LogP contribution in [-0.2, 0) is 11.3 Å². The van der Waals surface area contributed by atoms with Gasteiger partial charge < -0.3 is 14.8 Å². The lowest BCUT2D eigenvalue weighted by molar-refractivity contribution is -0.118. The van der Waals surface area contributed by atoms with E-state index in [1.165, 1.54) is 23.9 Å². The topological polar surface area (TPSA) is 92.4 Å². The maximum Gasteiger partial charge on any atom is 0.335 e. The summed E-state index contributed by atoms with van der Waals surface area (Å²) >= 11 is 1.23. The molecule has 1 amide bonds. The van der Waals surface area contributed by atoms with E-state index in [0.717, 1.165) is 11.1 Å². The first kappa shape index (κ1) is 16.1. The molecule has 0 radical (unpaired) electrons. The fraction of sp³-hybridized carbons (Fsp3) is 0.118. The van der Waals surface area contributed by atoms with Crippen molar-refractivity contribution < 1.29 is 19.1 Å². The lowest BCUT2D eigenvalue weighted by atomic mass is 10.1. The highest BCUT2D eigenvalue weighted by Crippen LogP contribution is 2.22. The molecule has 0 aliphatic heterocycles. The number of para-hydroxylation sites is 2. The van der Waals surface area contributed by atoms with Gasteiger partial charge in [0.1, 0.15) is 5.52 Å². The van der Waals surface area contributed by atoms with Crippen LogP contribution in [0.15, 0.2) is 58.2 Å². The van der Waals surface area contributed by atoms with E-state index in [2.05, 4.69) is 10.3 Å². The molecule has 1 heterocycles. The van der Waals surface area contributed by atoms with Crippen LogP contribution in [-0.4, -0.2) is 27.7 Å². The molecule has 1 aromatic heterocycles. The monoisotopic (exact) mass is 342 g/mol. The molecule has 0 atom stereocenters. The number of rotatable bonds is 6. The molecule has 122 valence electrons. The molecule has 0 fully saturated rings. The van der Waals surface area contributed by atoms with Crippen LogP contribution >= 0.6 is 11.8 Å². The molecule has 7 heteroatoms. The van der Waals surface area contributed by atoms with Gasteiger partial charge in [0.2, 0.25) is 5.91 Å². The van der Waals surface area contributed by atoms with E-state index < -0.39 is 5.97 Å². The standard InChI is InChI=1S/C17H14N2O4S/c20-15(18-9-11-5-7-12(8-6-11)16(21)22)10-24-17-19-13-3-1-2-4-14(13)23-17/h1-8H,9-10H2,(H,18,20)(H,21,22). The van der Waals surface area contributed by atoms with Crippen molar-refractivity contribution in [3.63, 3.8) is 0 Å². The molecule has 3 rings (SSSR count). The zero-order chi connectivity index (χ0) is 16.9. The third-order valence-electron chi connectivity index (χ3n) is 3.29. The van der Waals surface area contributed by atoms with Gasteiger partial charge in [-0.2, -0.15) is 0 Å². The maximum absolute atomic E-state index is 11.9. The van der Waals surface area contributed by atoms with Crippen molar-refractivity contribution in [3.05, 3.63) is 59.7 Å². The molecular weight excluding hydrogens is 328 g/mol. The van der Waals surface area contributed by atoms with Crippen molar-refractivity contribution in [2.75, 3.05) is 5.75 Å². The third kappa shape index (κ3) is 3.94. The van der Waals surface area contributed by atoms with Crippen LogP contribution in [0.2, 0.25) is 0 Å². The first-order valence-electron chi connectivity index (χ1n) is 7.19. The van der Waals surface area contributed by atoms with Crippen LogP contribution in [0.4, 0.5) is 0 Å². The zero-order valence-electron chi connectivity index (χ0n) is 12.6. The number of carbonyl (C=O) groups excluding carboxylic acids is 1. The van der Waals surface area contributed by atoms with Gasteiger partial charge in [0.25, 0.3) is 5.22 Å². The summed E-state index contributed by atoms with van der Waals surface area (Å²) in [4.78, 5) is 27.0. The first-order valence-corrected chi connectivity index (χ1v) is 8.18. The van der Waals surface area contributed by atoms with Gasteiger partial charge in [0.05, 0.1) is 11.3 Å². The number of nitrogens with zero attached hydrogens (tertiary/aromatic N) is 1. The number of carbonyl (C=O) groups is 2. The minimum atomic E-state index is -0.972. The molecule has 24 heavy (non-hydrogen) atoms. The Morgan fingerprint density at radius 1 is 1.12 bits per heavy atom. The molecule has 0 bridgehead atoms. The summed E-state index contributed by atoms with van der Waals surface area (Å²) < 4.78 is 5.53. The summed E-state index contributed by atoms with van der Waals surface area (Å²) in [5, 5.41) is 12.1. The number of carboxylic acids is 1. The van der Waals surface area contributed by atoms with Crippen molar-refractivity contribution in [2.24, 2.45) is 0 Å². The number of fused-ring (bicyclic) bond motifs is 1. The normalized spacial score (nSPS) is 10.7. The second kappa shape index (κ2) is 7.18. The highest BCUT2D eigenvalue weighted by atomic mass is 32.2. The second-order valence-electron chi connectivity index (χ2n) is 5.01. The van der Waals surface area contributed by atoms with E-state index in [-0.39, 0.29) is 17.2 Å². The van der Waals surface area contributed by atoms with Crippen molar-refractivity contribution in [3.8, 4) is 0 Å². The summed E-state index contributed by atoms with van der Waals surface area (Å²) in [6.45, 7) is 0.340. The Bertz CT molecular complexity index is 841. The number of aromatic carboxylic acids is 1. The van der Waals surface area contributed by atoms with Crippen LogP contribution in [0.5, 0.6) is 0 Å². The van der Waals surface area contributed by atoms with E-state index >= 15 is 0 Å². The van der Waals surface area contributed by atoms with Gasteiger partial charge in [-0.25, -0.2) is 9.78 Å². The molecule has 6 nitrogen and oxygen atoms in total. The minimum Gasteiger partial charge on any atom is -0.478 e. The van der Waals surface area contributed by atoms with Gasteiger partial charge >= 0.3 is 5.97 Å². The Balaban J connectivity index is 1.49. The highest BCUT2D eigenvalue weighted by Gasteiger charge is 2.09. The average Bonchev–Trinajstić information content (AvgIpc) is 3.01. The number of benzene rings is 2. The fourth-order valence-corrected chi connectivity index (χ4v) is 2.73. The zero-order valence-corrected chi connectivity index (χ0v) is 13.4. The van der Waals surface area contributed by atoms with E-state index in [4.69, 9.17) is 9.52 Å². The smallest absolute Gasteiger partial charge is 0.335 e. The minimum absolute atomic E-state index is 0.149. The molecule has 0 spiro atoms. The van der Waals surface area contributed by atoms with Gasteiger partial charge in [-0.15, -0.1) is 0 Å². The van der Waals surface area contributed by atoms with Crippen LogP contribution in [0.25, 0.3) is 11.1 Å². The second-order valence-corrected chi connectivity index (χ2v) is 5.94. The molecule has 0 saturated heterocycles. The van der Waals surface area contributed by atoms with Crippen molar-refractivity contribution in [2.45, 2.75) is 11.8 Å². The summed E-state index contributed by atoms with van der Waals surface area (Å²) in [6, 6.07) is 13.8. The Morgan fingerprint density at radius 2 is 1.88 bits per heavy atom. The maximum atomic E-state index is 11.9. The number of hydrogen-bond acceptors (Lipinski definition) is 5. The van der Waals surface area contributed by atoms with E-state index in [9.17, 15) is 9.59 Å². The highest BCUT2D eigenvalue weighted by molar-refractivity contribution is 7.99. The summed E-state index contributed by atoms with van der Waals surface area (Å²) in [5.74, 6) is -0.926. The molecular formula is C17H14N2O4S. The summed E-state index contributed by atoms with van der Waals surface area (Å²) in [5.41, 5.74) is 2.51. The van der Waals surface area contributed by atoms with Crippen molar-refractivity contribution in [1.29, 1.82) is 0 Å². The number of aromatic nitrogens is 1.